The van der Waals surface area contributed by atoms with E-state index in [2.05, 4.69) is 31.1 Å². The van der Waals surface area contributed by atoms with Crippen molar-refractivity contribution in [3.63, 3.8) is 0 Å². The van der Waals surface area contributed by atoms with Crippen LogP contribution in [0.15, 0.2) is 47.1 Å². The first-order valence-corrected chi connectivity index (χ1v) is 16.5. The number of amides is 2. The van der Waals surface area contributed by atoms with Crippen molar-refractivity contribution in [2.75, 3.05) is 30.7 Å². The van der Waals surface area contributed by atoms with Gasteiger partial charge in [0.2, 0.25) is 0 Å². The van der Waals surface area contributed by atoms with Crippen molar-refractivity contribution in [1.29, 1.82) is 0 Å². The molecule has 2 aliphatic heterocycles. The SMILES string of the molecule is C[n+]1cc(-c2ccc3c(c2)CC[C@@H](CO/N=C(\C(=O)N[C@H]2C(=O)N(OS(=O)(=O)O)C2(C)C)c2csc(N)n2)O3)ccc1NCCN. The molecule has 2 aliphatic rings. The molecule has 2 amide bonds. The van der Waals surface area contributed by atoms with Gasteiger partial charge in [0, 0.05) is 23.6 Å². The summed E-state index contributed by atoms with van der Waals surface area (Å²) in [5.74, 6) is -0.0119. The summed E-state index contributed by atoms with van der Waals surface area (Å²) < 4.78 is 43.7. The van der Waals surface area contributed by atoms with Crippen LogP contribution in [0.25, 0.3) is 11.1 Å². The number of rotatable bonds is 12. The van der Waals surface area contributed by atoms with E-state index in [0.29, 0.717) is 24.6 Å². The molecular formula is C28H35N8O8S2+. The van der Waals surface area contributed by atoms with Gasteiger partial charge in [-0.15, -0.1) is 15.6 Å². The van der Waals surface area contributed by atoms with Crippen molar-refractivity contribution in [1.82, 2.24) is 15.4 Å². The number of aromatic nitrogens is 2. The summed E-state index contributed by atoms with van der Waals surface area (Å²) >= 11 is 1.08. The van der Waals surface area contributed by atoms with Gasteiger partial charge >= 0.3 is 10.4 Å². The van der Waals surface area contributed by atoms with Crippen molar-refractivity contribution < 1.29 is 41.0 Å². The van der Waals surface area contributed by atoms with Gasteiger partial charge in [-0.05, 0) is 56.0 Å². The van der Waals surface area contributed by atoms with Gasteiger partial charge in [0.05, 0.1) is 25.3 Å². The van der Waals surface area contributed by atoms with Crippen molar-refractivity contribution in [2.45, 2.75) is 44.4 Å². The Morgan fingerprint density at radius 2 is 2.07 bits per heavy atom. The number of anilines is 2. The molecular weight excluding hydrogens is 640 g/mol. The molecule has 1 fully saturated rings. The van der Waals surface area contributed by atoms with E-state index in [-0.39, 0.29) is 29.2 Å². The number of nitrogen functional groups attached to an aromatic ring is 1. The average Bonchev–Trinajstić information content (AvgIpc) is 3.44. The number of hydroxylamine groups is 2. The van der Waals surface area contributed by atoms with Crippen LogP contribution >= 0.6 is 11.3 Å². The monoisotopic (exact) mass is 675 g/mol. The molecule has 1 aromatic carbocycles. The lowest BCUT2D eigenvalue weighted by molar-refractivity contribution is -0.656. The molecule has 246 valence electrons. The molecule has 0 bridgehead atoms. The topological polar surface area (TPSA) is 225 Å². The van der Waals surface area contributed by atoms with E-state index in [9.17, 15) is 18.0 Å². The molecule has 0 unspecified atom stereocenters. The molecule has 2 aromatic heterocycles. The standard InChI is InChI=1S/C28H34N8O8S2/c1-28(2)24(26(38)36(28)44-46(39,40)41)33-25(37)23(20-15-45-27(30)32-20)34-42-14-19-7-4-17-12-16(5-8-21(17)43-19)18-6-9-22(31-11-10-29)35(3)13-18/h5-6,8-9,12-13,15,19,24H,4,7,10-11,14,29H2,1-3H3,(H4,30,32,33,37,39,40,41)/p+1/b34-23-/t19-,24-/m0/s1. The maximum absolute atomic E-state index is 13.2. The Morgan fingerprint density at radius 3 is 2.72 bits per heavy atom. The molecule has 2 atom stereocenters. The van der Waals surface area contributed by atoms with Crippen LogP contribution in [0.2, 0.25) is 0 Å². The number of aryl methyl sites for hydroxylation is 2. The van der Waals surface area contributed by atoms with Crippen LogP contribution in [0.3, 0.4) is 0 Å². The lowest BCUT2D eigenvalue weighted by Gasteiger charge is -2.50. The number of hydrogen-bond acceptors (Lipinski definition) is 13. The largest absolute Gasteiger partial charge is 0.486 e. The number of nitrogens with zero attached hydrogens (tertiary/aromatic N) is 4. The van der Waals surface area contributed by atoms with Gasteiger partial charge in [0.1, 0.15) is 23.6 Å². The molecule has 5 rings (SSSR count). The van der Waals surface area contributed by atoms with E-state index >= 15 is 0 Å². The third-order valence-electron chi connectivity index (χ3n) is 7.52. The van der Waals surface area contributed by atoms with E-state index in [4.69, 9.17) is 25.6 Å². The molecule has 18 heteroatoms. The minimum absolute atomic E-state index is 0.0223. The van der Waals surface area contributed by atoms with Crippen molar-refractivity contribution in [3.05, 3.63) is 53.2 Å². The third kappa shape index (κ3) is 7.20. The Bertz CT molecular complexity index is 1780. The number of ether oxygens (including phenoxy) is 1. The minimum atomic E-state index is -4.95. The van der Waals surface area contributed by atoms with E-state index in [1.165, 1.54) is 19.2 Å². The number of nitrogens with one attached hydrogen (secondary N) is 2. The van der Waals surface area contributed by atoms with Gasteiger partial charge in [0.15, 0.2) is 17.5 Å². The molecule has 1 saturated heterocycles. The summed E-state index contributed by atoms with van der Waals surface area (Å²) in [4.78, 5) is 35.4. The van der Waals surface area contributed by atoms with Crippen molar-refractivity contribution in [3.8, 4) is 16.9 Å². The summed E-state index contributed by atoms with van der Waals surface area (Å²) in [6.07, 6.45) is 3.07. The summed E-state index contributed by atoms with van der Waals surface area (Å²) in [5.41, 5.74) is 13.1. The van der Waals surface area contributed by atoms with Crippen LogP contribution in [-0.4, -0.2) is 77.9 Å². The van der Waals surface area contributed by atoms with E-state index in [1.807, 2.05) is 42.1 Å². The number of thiazole rings is 1. The maximum Gasteiger partial charge on any atom is 0.418 e. The summed E-state index contributed by atoms with van der Waals surface area (Å²) in [6.45, 7) is 4.14. The van der Waals surface area contributed by atoms with E-state index in [1.54, 1.807) is 0 Å². The predicted molar refractivity (Wildman–Crippen MR) is 168 cm³/mol. The molecule has 0 radical (unpaired) electrons. The fourth-order valence-electron chi connectivity index (χ4n) is 5.11. The van der Waals surface area contributed by atoms with Gasteiger partial charge in [-0.3, -0.25) is 19.5 Å². The minimum Gasteiger partial charge on any atom is -0.486 e. The second kappa shape index (κ2) is 13.2. The quantitative estimate of drug-likeness (QED) is 0.0583. The fraction of sp³-hybridized carbons (Fsp3) is 0.393. The third-order valence-corrected chi connectivity index (χ3v) is 8.54. The van der Waals surface area contributed by atoms with Gasteiger partial charge in [-0.1, -0.05) is 11.2 Å². The number of benzene rings is 1. The fourth-order valence-corrected chi connectivity index (χ4v) is 6.11. The molecule has 16 nitrogen and oxygen atoms in total. The highest BCUT2D eigenvalue weighted by atomic mass is 32.3. The number of carbonyl (C=O) groups excluding carboxylic acids is 2. The number of carbonyl (C=O) groups is 2. The first-order chi connectivity index (χ1) is 21.8. The zero-order chi connectivity index (χ0) is 33.2. The lowest BCUT2D eigenvalue weighted by Crippen LogP contribution is -2.76. The molecule has 0 saturated carbocycles. The normalized spacial score (nSPS) is 19.1. The number of β-lactam (4-membered cyclic amide) rings is 1. The second-order valence-electron chi connectivity index (χ2n) is 11.2. The molecule has 4 heterocycles. The Hall–Kier alpha value is -4.36. The van der Waals surface area contributed by atoms with Crippen LogP contribution in [0.5, 0.6) is 5.75 Å². The highest BCUT2D eigenvalue weighted by molar-refractivity contribution is 7.80. The average molecular weight is 676 g/mol. The van der Waals surface area contributed by atoms with Crippen LogP contribution in [0.1, 0.15) is 31.5 Å². The maximum atomic E-state index is 13.2. The zero-order valence-corrected chi connectivity index (χ0v) is 26.9. The molecule has 7 N–H and O–H groups in total. The predicted octanol–water partition coefficient (Wildman–Crippen LogP) is 0.542. The Labute approximate surface area is 269 Å². The number of oxime groups is 1. The van der Waals surface area contributed by atoms with E-state index < -0.39 is 33.8 Å². The number of hydrogen-bond donors (Lipinski definition) is 5. The first kappa shape index (κ1) is 33.0. The van der Waals surface area contributed by atoms with Crippen LogP contribution in [0, 0.1) is 0 Å². The summed E-state index contributed by atoms with van der Waals surface area (Å²) in [7, 11) is -2.98. The Balaban J connectivity index is 1.23. The Morgan fingerprint density at radius 1 is 1.30 bits per heavy atom. The second-order valence-corrected chi connectivity index (χ2v) is 13.1. The van der Waals surface area contributed by atoms with Gasteiger partial charge in [0.25, 0.3) is 17.6 Å². The van der Waals surface area contributed by atoms with Crippen molar-refractivity contribution in [2.24, 2.45) is 17.9 Å². The number of nitrogens with two attached hydrogens (primary N) is 2. The highest BCUT2D eigenvalue weighted by Gasteiger charge is 2.58. The van der Waals surface area contributed by atoms with Crippen LogP contribution < -0.4 is 31.4 Å². The number of fused-ring (bicyclic) bond motifs is 1. The summed E-state index contributed by atoms with van der Waals surface area (Å²) in [5, 5.41) is 11.9. The van der Waals surface area contributed by atoms with Crippen LogP contribution in [0.4, 0.5) is 10.9 Å². The molecule has 46 heavy (non-hydrogen) atoms. The van der Waals surface area contributed by atoms with Crippen molar-refractivity contribution >= 4 is 50.2 Å². The van der Waals surface area contributed by atoms with E-state index in [0.717, 1.165) is 46.0 Å². The molecule has 0 spiro atoms. The van der Waals surface area contributed by atoms with Gasteiger partial charge in [-0.25, -0.2) is 9.55 Å². The highest BCUT2D eigenvalue weighted by Crippen LogP contribution is 2.34. The summed E-state index contributed by atoms with van der Waals surface area (Å²) in [6, 6.07) is 8.88. The first-order valence-electron chi connectivity index (χ1n) is 14.2. The Kier molecular flexibility index (Phi) is 9.45. The van der Waals surface area contributed by atoms with Gasteiger partial charge in [-0.2, -0.15) is 13.5 Å². The zero-order valence-electron chi connectivity index (χ0n) is 25.3. The smallest absolute Gasteiger partial charge is 0.418 e. The lowest BCUT2D eigenvalue weighted by atomic mass is 9.84. The van der Waals surface area contributed by atoms with Crippen LogP contribution in [-0.2, 0) is 42.6 Å². The molecule has 3 aromatic rings. The molecule has 0 aliphatic carbocycles. The van der Waals surface area contributed by atoms with Gasteiger partial charge < -0.3 is 26.4 Å². The number of pyridine rings is 1.